The SMILES string of the molecule is CCCNC1CCCc2c(Cl)cc(C)c(C)c21. The smallest absolute Gasteiger partial charge is 0.0444 e. The van der Waals surface area contributed by atoms with E-state index < -0.39 is 0 Å². The first-order chi connectivity index (χ1) is 8.15. The van der Waals surface area contributed by atoms with Crippen LogP contribution in [-0.2, 0) is 6.42 Å². The van der Waals surface area contributed by atoms with Gasteiger partial charge in [-0.15, -0.1) is 0 Å². The predicted molar refractivity (Wildman–Crippen MR) is 74.9 cm³/mol. The quantitative estimate of drug-likeness (QED) is 0.843. The molecule has 1 unspecified atom stereocenters. The fraction of sp³-hybridized carbons (Fsp3) is 0.600. The Kier molecular flexibility index (Phi) is 4.11. The maximum atomic E-state index is 6.39. The highest BCUT2D eigenvalue weighted by Gasteiger charge is 2.24. The molecule has 0 saturated carbocycles. The first-order valence-electron chi connectivity index (χ1n) is 6.67. The van der Waals surface area contributed by atoms with Gasteiger partial charge in [-0.1, -0.05) is 18.5 Å². The minimum absolute atomic E-state index is 0.510. The molecule has 0 bridgehead atoms. The fourth-order valence-electron chi connectivity index (χ4n) is 2.83. The van der Waals surface area contributed by atoms with E-state index in [1.54, 1.807) is 0 Å². The van der Waals surface area contributed by atoms with Crippen LogP contribution in [0.15, 0.2) is 6.07 Å². The molecule has 2 rings (SSSR count). The van der Waals surface area contributed by atoms with Crippen LogP contribution in [0.2, 0.25) is 5.02 Å². The Hall–Kier alpha value is -0.530. The van der Waals surface area contributed by atoms with E-state index in [2.05, 4.69) is 32.2 Å². The maximum absolute atomic E-state index is 6.39. The zero-order valence-corrected chi connectivity index (χ0v) is 11.8. The van der Waals surface area contributed by atoms with Crippen molar-refractivity contribution in [1.82, 2.24) is 5.32 Å². The van der Waals surface area contributed by atoms with Gasteiger partial charge in [-0.25, -0.2) is 0 Å². The largest absolute Gasteiger partial charge is 0.310 e. The van der Waals surface area contributed by atoms with E-state index >= 15 is 0 Å². The highest BCUT2D eigenvalue weighted by Crippen LogP contribution is 2.37. The summed E-state index contributed by atoms with van der Waals surface area (Å²) in [7, 11) is 0. The topological polar surface area (TPSA) is 12.0 Å². The van der Waals surface area contributed by atoms with Gasteiger partial charge in [0.15, 0.2) is 0 Å². The van der Waals surface area contributed by atoms with Gasteiger partial charge in [0.1, 0.15) is 0 Å². The Morgan fingerprint density at radius 3 is 2.88 bits per heavy atom. The van der Waals surface area contributed by atoms with Crippen molar-refractivity contribution >= 4 is 11.6 Å². The summed E-state index contributed by atoms with van der Waals surface area (Å²) < 4.78 is 0. The van der Waals surface area contributed by atoms with Crippen molar-refractivity contribution in [2.45, 2.75) is 52.5 Å². The lowest BCUT2D eigenvalue weighted by atomic mass is 9.83. The number of nitrogens with one attached hydrogen (secondary N) is 1. The predicted octanol–water partition coefficient (Wildman–Crippen LogP) is 4.33. The Morgan fingerprint density at radius 1 is 1.41 bits per heavy atom. The van der Waals surface area contributed by atoms with Gasteiger partial charge in [0.25, 0.3) is 0 Å². The highest BCUT2D eigenvalue weighted by molar-refractivity contribution is 6.31. The van der Waals surface area contributed by atoms with Crippen molar-refractivity contribution in [2.24, 2.45) is 0 Å². The lowest BCUT2D eigenvalue weighted by molar-refractivity contribution is 0.458. The third kappa shape index (κ3) is 2.51. The lowest BCUT2D eigenvalue weighted by Gasteiger charge is -2.30. The summed E-state index contributed by atoms with van der Waals surface area (Å²) >= 11 is 6.39. The average molecular weight is 252 g/mol. The Bertz CT molecular complexity index is 412. The summed E-state index contributed by atoms with van der Waals surface area (Å²) in [6.07, 6.45) is 4.81. The average Bonchev–Trinajstić information content (AvgIpc) is 2.33. The van der Waals surface area contributed by atoms with Crippen LogP contribution < -0.4 is 5.32 Å². The van der Waals surface area contributed by atoms with Crippen molar-refractivity contribution in [2.75, 3.05) is 6.54 Å². The zero-order chi connectivity index (χ0) is 12.4. The van der Waals surface area contributed by atoms with E-state index in [0.29, 0.717) is 6.04 Å². The minimum Gasteiger partial charge on any atom is -0.310 e. The van der Waals surface area contributed by atoms with Gasteiger partial charge in [-0.05, 0) is 74.4 Å². The Morgan fingerprint density at radius 2 is 2.18 bits per heavy atom. The zero-order valence-electron chi connectivity index (χ0n) is 11.1. The molecular weight excluding hydrogens is 230 g/mol. The van der Waals surface area contributed by atoms with E-state index in [1.165, 1.54) is 41.5 Å². The van der Waals surface area contributed by atoms with E-state index in [4.69, 9.17) is 11.6 Å². The lowest BCUT2D eigenvalue weighted by Crippen LogP contribution is -2.27. The molecule has 1 aromatic carbocycles. The van der Waals surface area contributed by atoms with Gasteiger partial charge in [0.2, 0.25) is 0 Å². The molecule has 0 spiro atoms. The number of fused-ring (bicyclic) bond motifs is 1. The van der Waals surface area contributed by atoms with Gasteiger partial charge in [0, 0.05) is 11.1 Å². The van der Waals surface area contributed by atoms with Crippen LogP contribution >= 0.6 is 11.6 Å². The normalized spacial score (nSPS) is 19.2. The molecule has 2 heteroatoms. The van der Waals surface area contributed by atoms with Crippen LogP contribution in [0, 0.1) is 13.8 Å². The third-order valence-electron chi connectivity index (χ3n) is 3.86. The second-order valence-corrected chi connectivity index (χ2v) is 5.50. The summed E-state index contributed by atoms with van der Waals surface area (Å²) in [6, 6.07) is 2.63. The van der Waals surface area contributed by atoms with Crippen LogP contribution in [0.4, 0.5) is 0 Å². The number of aryl methyl sites for hydroxylation is 1. The van der Waals surface area contributed by atoms with Crippen molar-refractivity contribution < 1.29 is 0 Å². The first kappa shape index (κ1) is 12.9. The molecule has 1 nitrogen and oxygen atoms in total. The fourth-order valence-corrected chi connectivity index (χ4v) is 3.19. The summed E-state index contributed by atoms with van der Waals surface area (Å²) in [6.45, 7) is 7.70. The maximum Gasteiger partial charge on any atom is 0.0444 e. The highest BCUT2D eigenvalue weighted by atomic mass is 35.5. The van der Waals surface area contributed by atoms with Crippen LogP contribution in [0.3, 0.4) is 0 Å². The molecule has 0 aromatic heterocycles. The van der Waals surface area contributed by atoms with Gasteiger partial charge < -0.3 is 5.32 Å². The summed E-state index contributed by atoms with van der Waals surface area (Å²) in [5, 5.41) is 4.63. The van der Waals surface area contributed by atoms with Gasteiger partial charge in [-0.2, -0.15) is 0 Å². The molecule has 0 heterocycles. The number of halogens is 1. The number of rotatable bonds is 3. The first-order valence-corrected chi connectivity index (χ1v) is 7.04. The second-order valence-electron chi connectivity index (χ2n) is 5.09. The number of benzene rings is 1. The molecule has 17 heavy (non-hydrogen) atoms. The van der Waals surface area contributed by atoms with Crippen LogP contribution in [0.25, 0.3) is 0 Å². The van der Waals surface area contributed by atoms with Crippen LogP contribution in [0.1, 0.15) is 54.5 Å². The van der Waals surface area contributed by atoms with Crippen molar-refractivity contribution in [3.63, 3.8) is 0 Å². The molecule has 0 saturated heterocycles. The van der Waals surface area contributed by atoms with Crippen molar-refractivity contribution in [1.29, 1.82) is 0 Å². The molecule has 0 fully saturated rings. The molecule has 1 aromatic rings. The number of hydrogen-bond donors (Lipinski definition) is 1. The monoisotopic (exact) mass is 251 g/mol. The molecule has 1 atom stereocenters. The third-order valence-corrected chi connectivity index (χ3v) is 4.20. The van der Waals surface area contributed by atoms with E-state index in [0.717, 1.165) is 18.0 Å². The number of hydrogen-bond acceptors (Lipinski definition) is 1. The molecule has 0 radical (unpaired) electrons. The van der Waals surface area contributed by atoms with Gasteiger partial charge in [-0.3, -0.25) is 0 Å². The van der Waals surface area contributed by atoms with Gasteiger partial charge >= 0.3 is 0 Å². The molecule has 1 aliphatic carbocycles. The molecule has 1 aliphatic rings. The van der Waals surface area contributed by atoms with Crippen LogP contribution in [0.5, 0.6) is 0 Å². The Labute approximate surface area is 110 Å². The van der Waals surface area contributed by atoms with E-state index in [9.17, 15) is 0 Å². The second kappa shape index (κ2) is 5.41. The van der Waals surface area contributed by atoms with Gasteiger partial charge in [0.05, 0.1) is 0 Å². The van der Waals surface area contributed by atoms with Crippen molar-refractivity contribution in [3.8, 4) is 0 Å². The summed E-state index contributed by atoms with van der Waals surface area (Å²) in [5.41, 5.74) is 5.61. The van der Waals surface area contributed by atoms with E-state index in [-0.39, 0.29) is 0 Å². The van der Waals surface area contributed by atoms with Crippen LogP contribution in [-0.4, -0.2) is 6.54 Å². The van der Waals surface area contributed by atoms with Crippen molar-refractivity contribution in [3.05, 3.63) is 33.3 Å². The molecular formula is C15H22ClN. The van der Waals surface area contributed by atoms with E-state index in [1.807, 2.05) is 0 Å². The molecule has 94 valence electrons. The molecule has 1 N–H and O–H groups in total. The Balaban J connectivity index is 2.41. The molecule has 0 amide bonds. The molecule has 0 aliphatic heterocycles. The minimum atomic E-state index is 0.510. The standard InChI is InChI=1S/C15H22ClN/c1-4-8-17-14-7-5-6-12-13(16)9-10(2)11(3)15(12)14/h9,14,17H,4-8H2,1-3H3. The summed E-state index contributed by atoms with van der Waals surface area (Å²) in [5.74, 6) is 0. The summed E-state index contributed by atoms with van der Waals surface area (Å²) in [4.78, 5) is 0.